The van der Waals surface area contributed by atoms with E-state index >= 15 is 0 Å². The van der Waals surface area contributed by atoms with Gasteiger partial charge in [-0.15, -0.1) is 22.7 Å². The lowest BCUT2D eigenvalue weighted by Gasteiger charge is -1.88. The van der Waals surface area contributed by atoms with Crippen LogP contribution in [0.4, 0.5) is 5.13 Å². The van der Waals surface area contributed by atoms with Crippen molar-refractivity contribution < 1.29 is 0 Å². The molecule has 0 aromatic carbocycles. The van der Waals surface area contributed by atoms with E-state index in [4.69, 9.17) is 5.73 Å². The molecule has 0 atom stereocenters. The number of thiazole rings is 2. The minimum atomic E-state index is 0.462. The van der Waals surface area contributed by atoms with Crippen LogP contribution >= 0.6 is 22.7 Å². The van der Waals surface area contributed by atoms with Crippen LogP contribution in [0.5, 0.6) is 0 Å². The maximum absolute atomic E-state index is 5.47. The van der Waals surface area contributed by atoms with Gasteiger partial charge >= 0.3 is 0 Å². The number of nitrogens with one attached hydrogen (secondary N) is 1. The van der Waals surface area contributed by atoms with Gasteiger partial charge in [0.1, 0.15) is 11.2 Å². The quantitative estimate of drug-likeness (QED) is 0.832. The van der Waals surface area contributed by atoms with Crippen LogP contribution in [0.2, 0.25) is 0 Å². The van der Waals surface area contributed by atoms with Gasteiger partial charge in [-0.05, 0) is 0 Å². The molecular formula is C8H9N4S2. The van der Waals surface area contributed by atoms with Crippen LogP contribution in [0.1, 0.15) is 5.01 Å². The third-order valence-electron chi connectivity index (χ3n) is 1.63. The van der Waals surface area contributed by atoms with Gasteiger partial charge in [-0.2, -0.15) is 0 Å². The Kier molecular flexibility index (Phi) is 2.76. The first-order valence-electron chi connectivity index (χ1n) is 4.04. The zero-order chi connectivity index (χ0) is 9.97. The van der Waals surface area contributed by atoms with Gasteiger partial charge in [0, 0.05) is 19.0 Å². The van der Waals surface area contributed by atoms with Gasteiger partial charge < -0.3 is 11.1 Å². The molecule has 73 valence electrons. The highest BCUT2D eigenvalue weighted by Crippen LogP contribution is 2.28. The number of hydrogen-bond acceptors (Lipinski definition) is 6. The molecule has 0 unspecified atom stereocenters. The first kappa shape index (κ1) is 9.57. The predicted octanol–water partition coefficient (Wildman–Crippen LogP) is 1.57. The lowest BCUT2D eigenvalue weighted by Crippen LogP contribution is -1.93. The van der Waals surface area contributed by atoms with E-state index in [-0.39, 0.29) is 0 Å². The highest BCUT2D eigenvalue weighted by atomic mass is 32.1. The van der Waals surface area contributed by atoms with E-state index in [1.807, 2.05) is 12.4 Å². The van der Waals surface area contributed by atoms with Crippen LogP contribution in [-0.4, -0.2) is 17.0 Å². The highest BCUT2D eigenvalue weighted by Gasteiger charge is 2.07. The first-order valence-corrected chi connectivity index (χ1v) is 5.74. The van der Waals surface area contributed by atoms with E-state index in [0.717, 1.165) is 20.7 Å². The molecule has 6 heteroatoms. The molecule has 0 spiro atoms. The summed E-state index contributed by atoms with van der Waals surface area (Å²) < 4.78 is 0. The Morgan fingerprint density at radius 2 is 2.50 bits per heavy atom. The summed E-state index contributed by atoms with van der Waals surface area (Å²) in [6.07, 6.45) is 2.92. The number of aromatic nitrogens is 2. The molecule has 0 amide bonds. The molecule has 0 fully saturated rings. The summed E-state index contributed by atoms with van der Waals surface area (Å²) in [6, 6.07) is 0. The van der Waals surface area contributed by atoms with Gasteiger partial charge in [0.25, 0.3) is 0 Å². The van der Waals surface area contributed by atoms with Crippen molar-refractivity contribution in [2.24, 2.45) is 5.73 Å². The maximum Gasteiger partial charge on any atom is 0.182 e. The summed E-state index contributed by atoms with van der Waals surface area (Å²) in [6.45, 7) is 0.462. The van der Waals surface area contributed by atoms with E-state index in [1.54, 1.807) is 11.3 Å². The largest absolute Gasteiger partial charge is 0.365 e. The average molecular weight is 225 g/mol. The Balaban J connectivity index is 2.29. The lowest BCUT2D eigenvalue weighted by molar-refractivity contribution is 1.04. The standard InChI is InChI=1S/C8H9N4S2/c1-10-8-12-5(4-13-8)6-3-11-7(2-9)14-6/h4H,2,9H2,1H3,(H,10,12). The van der Waals surface area contributed by atoms with Crippen molar-refractivity contribution in [3.8, 4) is 10.6 Å². The zero-order valence-corrected chi connectivity index (χ0v) is 9.21. The van der Waals surface area contributed by atoms with Crippen molar-refractivity contribution in [3.63, 3.8) is 0 Å². The Hall–Kier alpha value is -0.980. The molecule has 3 N–H and O–H groups in total. The van der Waals surface area contributed by atoms with Gasteiger partial charge in [-0.25, -0.2) is 9.97 Å². The third kappa shape index (κ3) is 1.77. The van der Waals surface area contributed by atoms with Crippen LogP contribution in [-0.2, 0) is 6.54 Å². The molecule has 1 radical (unpaired) electrons. The monoisotopic (exact) mass is 225 g/mol. The molecule has 2 heterocycles. The number of anilines is 1. The van der Waals surface area contributed by atoms with Crippen LogP contribution in [0.15, 0.2) is 5.38 Å². The molecule has 2 rings (SSSR count). The SMILES string of the molecule is CNc1nc(-c2[c]nc(CN)s2)cs1. The van der Waals surface area contributed by atoms with Crippen molar-refractivity contribution >= 4 is 27.8 Å². The van der Waals surface area contributed by atoms with Crippen molar-refractivity contribution in [2.45, 2.75) is 6.54 Å². The number of rotatable bonds is 3. The molecule has 14 heavy (non-hydrogen) atoms. The van der Waals surface area contributed by atoms with Gasteiger partial charge in [0.15, 0.2) is 5.13 Å². The molecule has 0 saturated heterocycles. The second-order valence-electron chi connectivity index (χ2n) is 2.54. The molecule has 0 aliphatic carbocycles. The fourth-order valence-electron chi connectivity index (χ4n) is 0.966. The molecule has 2 aromatic rings. The summed E-state index contributed by atoms with van der Waals surface area (Å²) in [5.74, 6) is 0. The van der Waals surface area contributed by atoms with E-state index in [2.05, 4.69) is 21.5 Å². The summed E-state index contributed by atoms with van der Waals surface area (Å²) >= 11 is 3.10. The summed E-state index contributed by atoms with van der Waals surface area (Å²) in [4.78, 5) is 9.36. The number of hydrogen-bond donors (Lipinski definition) is 2. The Bertz CT molecular complexity index is 380. The van der Waals surface area contributed by atoms with Gasteiger partial charge in [-0.3, -0.25) is 0 Å². The fourth-order valence-corrected chi connectivity index (χ4v) is 2.41. The van der Waals surface area contributed by atoms with Gasteiger partial charge in [0.2, 0.25) is 0 Å². The van der Waals surface area contributed by atoms with Gasteiger partial charge in [0.05, 0.1) is 10.6 Å². The van der Waals surface area contributed by atoms with Crippen molar-refractivity contribution in [3.05, 3.63) is 16.6 Å². The molecule has 0 aliphatic rings. The van der Waals surface area contributed by atoms with Crippen LogP contribution in [0, 0.1) is 6.20 Å². The minimum absolute atomic E-state index is 0.462. The fraction of sp³-hybridized carbons (Fsp3) is 0.250. The van der Waals surface area contributed by atoms with E-state index in [1.165, 1.54) is 11.3 Å². The summed E-state index contributed by atoms with van der Waals surface area (Å²) in [5, 5.41) is 6.76. The minimum Gasteiger partial charge on any atom is -0.365 e. The van der Waals surface area contributed by atoms with E-state index in [9.17, 15) is 0 Å². The molecule has 4 nitrogen and oxygen atoms in total. The Morgan fingerprint density at radius 1 is 1.64 bits per heavy atom. The van der Waals surface area contributed by atoms with Crippen molar-refractivity contribution in [1.82, 2.24) is 9.97 Å². The zero-order valence-electron chi connectivity index (χ0n) is 7.57. The normalized spacial score (nSPS) is 10.4. The lowest BCUT2D eigenvalue weighted by atomic mass is 10.4. The van der Waals surface area contributed by atoms with Crippen LogP contribution in [0.25, 0.3) is 10.6 Å². The van der Waals surface area contributed by atoms with E-state index in [0.29, 0.717) is 6.54 Å². The molecule has 0 aliphatic heterocycles. The predicted molar refractivity (Wildman–Crippen MR) is 59.5 cm³/mol. The third-order valence-corrected chi connectivity index (χ3v) is 3.49. The summed E-state index contributed by atoms with van der Waals surface area (Å²) in [5.41, 5.74) is 6.38. The average Bonchev–Trinajstić information content (AvgIpc) is 2.86. The second kappa shape index (κ2) is 4.04. The Morgan fingerprint density at radius 3 is 3.07 bits per heavy atom. The van der Waals surface area contributed by atoms with Crippen molar-refractivity contribution in [2.75, 3.05) is 12.4 Å². The number of nitrogens with two attached hydrogens (primary N) is 1. The highest BCUT2D eigenvalue weighted by molar-refractivity contribution is 7.16. The smallest absolute Gasteiger partial charge is 0.182 e. The topological polar surface area (TPSA) is 63.8 Å². The molecule has 0 saturated carbocycles. The molecule has 0 bridgehead atoms. The molecular weight excluding hydrogens is 216 g/mol. The van der Waals surface area contributed by atoms with Gasteiger partial charge in [-0.1, -0.05) is 0 Å². The Labute approximate surface area is 89.8 Å². The number of nitrogens with zero attached hydrogens (tertiary/aromatic N) is 2. The van der Waals surface area contributed by atoms with Crippen LogP contribution < -0.4 is 11.1 Å². The maximum atomic E-state index is 5.47. The van der Waals surface area contributed by atoms with E-state index < -0.39 is 0 Å². The first-order chi connectivity index (χ1) is 6.83. The summed E-state index contributed by atoms with van der Waals surface area (Å²) in [7, 11) is 1.85. The second-order valence-corrected chi connectivity index (χ2v) is 4.48. The van der Waals surface area contributed by atoms with Crippen LogP contribution in [0.3, 0.4) is 0 Å². The molecule has 2 aromatic heterocycles. The van der Waals surface area contributed by atoms with Crippen molar-refractivity contribution in [1.29, 1.82) is 0 Å².